The highest BCUT2D eigenvalue weighted by molar-refractivity contribution is 5.90. The van der Waals surface area contributed by atoms with E-state index in [2.05, 4.69) is 10.6 Å². The average molecular weight is 566 g/mol. The van der Waals surface area contributed by atoms with Crippen LogP contribution in [0.2, 0.25) is 0 Å². The fourth-order valence-electron chi connectivity index (χ4n) is 4.75. The monoisotopic (exact) mass is 565 g/mol. The van der Waals surface area contributed by atoms with Gasteiger partial charge in [0.2, 0.25) is 5.91 Å². The van der Waals surface area contributed by atoms with Gasteiger partial charge in [0.15, 0.2) is 0 Å². The predicted molar refractivity (Wildman–Crippen MR) is 161 cm³/mol. The maximum atomic E-state index is 13.5. The second-order valence-corrected chi connectivity index (χ2v) is 12.2. The average Bonchev–Trinajstić information content (AvgIpc) is 3.21. The van der Waals surface area contributed by atoms with Crippen molar-refractivity contribution < 1.29 is 23.9 Å². The van der Waals surface area contributed by atoms with E-state index >= 15 is 0 Å². The van der Waals surface area contributed by atoms with Crippen LogP contribution in [0.15, 0.2) is 54.6 Å². The van der Waals surface area contributed by atoms with Gasteiger partial charge in [0.05, 0.1) is 0 Å². The fraction of sp³-hybridized carbons (Fsp3) is 0.545. The van der Waals surface area contributed by atoms with Crippen LogP contribution < -0.4 is 15.4 Å². The van der Waals surface area contributed by atoms with Crippen LogP contribution in [0.25, 0.3) is 0 Å². The maximum Gasteiger partial charge on any atom is 0.329 e. The molecule has 0 aliphatic carbocycles. The molecule has 0 saturated carbocycles. The van der Waals surface area contributed by atoms with Crippen molar-refractivity contribution in [3.63, 3.8) is 0 Å². The SMILES string of the molecule is CC(C)C[C@@H](NC(=O)N1CCCCCC1)C(=O)N[C@@H](Cc1ccc(OCc2ccccc2)cc1)C(=O)OC(C)(C)C. The van der Waals surface area contributed by atoms with Crippen LogP contribution in [-0.4, -0.2) is 53.6 Å². The van der Waals surface area contributed by atoms with Crippen molar-refractivity contribution in [3.05, 3.63) is 65.7 Å². The molecule has 0 spiro atoms. The van der Waals surface area contributed by atoms with Crippen molar-refractivity contribution in [2.24, 2.45) is 5.92 Å². The molecule has 0 bridgehead atoms. The molecule has 8 nitrogen and oxygen atoms in total. The van der Waals surface area contributed by atoms with Crippen LogP contribution in [0.3, 0.4) is 0 Å². The molecule has 2 atom stereocenters. The lowest BCUT2D eigenvalue weighted by atomic mass is 10.0. The summed E-state index contributed by atoms with van der Waals surface area (Å²) in [4.78, 5) is 41.6. The molecule has 41 heavy (non-hydrogen) atoms. The highest BCUT2D eigenvalue weighted by atomic mass is 16.6. The smallest absolute Gasteiger partial charge is 0.329 e. The number of amides is 3. The third-order valence-electron chi connectivity index (χ3n) is 6.83. The maximum absolute atomic E-state index is 13.5. The Balaban J connectivity index is 1.70. The highest BCUT2D eigenvalue weighted by Crippen LogP contribution is 2.18. The topological polar surface area (TPSA) is 97.0 Å². The summed E-state index contributed by atoms with van der Waals surface area (Å²) < 4.78 is 11.5. The summed E-state index contributed by atoms with van der Waals surface area (Å²) in [7, 11) is 0. The van der Waals surface area contributed by atoms with Crippen LogP contribution in [0.5, 0.6) is 5.75 Å². The minimum atomic E-state index is -0.914. The third-order valence-corrected chi connectivity index (χ3v) is 6.83. The Morgan fingerprint density at radius 3 is 2.05 bits per heavy atom. The van der Waals surface area contributed by atoms with Crippen LogP contribution in [-0.2, 0) is 27.4 Å². The molecule has 1 heterocycles. The number of hydrogen-bond acceptors (Lipinski definition) is 5. The summed E-state index contributed by atoms with van der Waals surface area (Å²) >= 11 is 0. The van der Waals surface area contributed by atoms with Gasteiger partial charge in [0, 0.05) is 19.5 Å². The first kappa shape index (κ1) is 32.0. The van der Waals surface area contributed by atoms with Crippen LogP contribution in [0, 0.1) is 5.92 Å². The number of ether oxygens (including phenoxy) is 2. The normalized spacial score (nSPS) is 15.4. The molecule has 2 N–H and O–H groups in total. The van der Waals surface area contributed by atoms with Gasteiger partial charge in [-0.1, -0.05) is 69.2 Å². The molecule has 1 fully saturated rings. The first-order chi connectivity index (χ1) is 19.5. The zero-order chi connectivity index (χ0) is 29.8. The molecule has 2 aromatic carbocycles. The van der Waals surface area contributed by atoms with Crippen LogP contribution >= 0.6 is 0 Å². The Bertz CT molecular complexity index is 1100. The fourth-order valence-corrected chi connectivity index (χ4v) is 4.75. The number of urea groups is 1. The first-order valence-corrected chi connectivity index (χ1v) is 14.8. The molecule has 1 aliphatic heterocycles. The number of nitrogens with one attached hydrogen (secondary N) is 2. The van der Waals surface area contributed by atoms with Gasteiger partial charge in [-0.2, -0.15) is 0 Å². The van der Waals surface area contributed by atoms with E-state index in [0.717, 1.165) is 36.8 Å². The molecule has 1 aliphatic rings. The lowest BCUT2D eigenvalue weighted by Gasteiger charge is -2.28. The van der Waals surface area contributed by atoms with Crippen molar-refractivity contribution in [2.75, 3.05) is 13.1 Å². The van der Waals surface area contributed by atoms with E-state index in [0.29, 0.717) is 31.9 Å². The number of likely N-dealkylation sites (tertiary alicyclic amines) is 1. The second-order valence-electron chi connectivity index (χ2n) is 12.2. The van der Waals surface area contributed by atoms with E-state index in [1.54, 1.807) is 25.7 Å². The third kappa shape index (κ3) is 11.5. The number of carbonyl (C=O) groups is 3. The van der Waals surface area contributed by atoms with E-state index in [4.69, 9.17) is 9.47 Å². The molecular weight excluding hydrogens is 518 g/mol. The summed E-state index contributed by atoms with van der Waals surface area (Å²) in [6, 6.07) is 15.5. The summed E-state index contributed by atoms with van der Waals surface area (Å²) in [5.41, 5.74) is 1.21. The molecular formula is C33H47N3O5. The van der Waals surface area contributed by atoms with E-state index in [1.807, 2.05) is 68.4 Å². The van der Waals surface area contributed by atoms with Crippen LogP contribution in [0.4, 0.5) is 4.79 Å². The molecule has 224 valence electrons. The predicted octanol–water partition coefficient (Wildman–Crippen LogP) is 5.63. The minimum Gasteiger partial charge on any atom is -0.489 e. The number of nitrogens with zero attached hydrogens (tertiary/aromatic N) is 1. The number of esters is 1. The van der Waals surface area contributed by atoms with Crippen LogP contribution in [0.1, 0.15) is 77.8 Å². The van der Waals surface area contributed by atoms with Gasteiger partial charge in [0.25, 0.3) is 0 Å². The standard InChI is InChI=1S/C33H47N3O5/c1-24(2)21-28(35-32(39)36-19-11-6-7-12-20-36)30(37)34-29(31(38)41-33(3,4)5)22-25-15-17-27(18-16-25)40-23-26-13-9-8-10-14-26/h8-10,13-18,24,28-29H,6-7,11-12,19-23H2,1-5H3,(H,34,37)(H,35,39)/t28-,29+/m1/s1. The Hall–Kier alpha value is -3.55. The van der Waals surface area contributed by atoms with Gasteiger partial charge < -0.3 is 25.0 Å². The quantitative estimate of drug-likeness (QED) is 0.344. The van der Waals surface area contributed by atoms with E-state index in [-0.39, 0.29) is 24.3 Å². The summed E-state index contributed by atoms with van der Waals surface area (Å²) in [6.07, 6.45) is 4.85. The van der Waals surface area contributed by atoms with Crippen molar-refractivity contribution >= 4 is 17.9 Å². The highest BCUT2D eigenvalue weighted by Gasteiger charge is 2.31. The van der Waals surface area contributed by atoms with Gasteiger partial charge in [-0.15, -0.1) is 0 Å². The van der Waals surface area contributed by atoms with Crippen molar-refractivity contribution in [1.29, 1.82) is 0 Å². The second kappa shape index (κ2) is 15.5. The first-order valence-electron chi connectivity index (χ1n) is 14.8. The minimum absolute atomic E-state index is 0.165. The molecule has 3 amide bonds. The number of rotatable bonds is 11. The molecule has 2 aromatic rings. The van der Waals surface area contributed by atoms with Crippen molar-refractivity contribution in [1.82, 2.24) is 15.5 Å². The molecule has 1 saturated heterocycles. The molecule has 3 rings (SSSR count). The Labute approximate surface area is 245 Å². The van der Waals surface area contributed by atoms with E-state index < -0.39 is 23.7 Å². The summed E-state index contributed by atoms with van der Waals surface area (Å²) in [5, 5.41) is 5.84. The van der Waals surface area contributed by atoms with Gasteiger partial charge in [0.1, 0.15) is 30.0 Å². The summed E-state index contributed by atoms with van der Waals surface area (Å²) in [6.45, 7) is 11.2. The van der Waals surface area contributed by atoms with E-state index in [9.17, 15) is 14.4 Å². The molecule has 0 radical (unpaired) electrons. The number of hydrogen-bond donors (Lipinski definition) is 2. The zero-order valence-corrected chi connectivity index (χ0v) is 25.3. The summed E-state index contributed by atoms with van der Waals surface area (Å²) in [5.74, 6) is -0.0276. The Kier molecular flexibility index (Phi) is 12.0. The zero-order valence-electron chi connectivity index (χ0n) is 25.3. The van der Waals surface area contributed by atoms with Crippen molar-refractivity contribution in [2.45, 2.75) is 97.4 Å². The van der Waals surface area contributed by atoms with Gasteiger partial charge in [-0.25, -0.2) is 9.59 Å². The molecule has 0 aromatic heterocycles. The largest absolute Gasteiger partial charge is 0.489 e. The molecule has 0 unspecified atom stereocenters. The lowest BCUT2D eigenvalue weighted by molar-refractivity contribution is -0.158. The van der Waals surface area contributed by atoms with Gasteiger partial charge in [-0.05, 0) is 69.2 Å². The number of benzene rings is 2. The van der Waals surface area contributed by atoms with Crippen molar-refractivity contribution in [3.8, 4) is 5.75 Å². The van der Waals surface area contributed by atoms with E-state index in [1.165, 1.54) is 0 Å². The Morgan fingerprint density at radius 1 is 0.829 bits per heavy atom. The lowest BCUT2D eigenvalue weighted by Crippen LogP contribution is -2.55. The Morgan fingerprint density at radius 2 is 1.46 bits per heavy atom. The van der Waals surface area contributed by atoms with Gasteiger partial charge >= 0.3 is 12.0 Å². The number of carbonyl (C=O) groups excluding carboxylic acids is 3. The molecule has 8 heteroatoms. The van der Waals surface area contributed by atoms with Gasteiger partial charge in [-0.3, -0.25) is 4.79 Å².